The van der Waals surface area contributed by atoms with Gasteiger partial charge in [-0.15, -0.1) is 0 Å². The smallest absolute Gasteiger partial charge is 0.258 e. The molecule has 0 unspecified atom stereocenters. The van der Waals surface area contributed by atoms with Crippen LogP contribution in [0.3, 0.4) is 0 Å². The van der Waals surface area contributed by atoms with Gasteiger partial charge >= 0.3 is 6.18 Å². The number of aromatic nitrogens is 1. The molecule has 0 saturated heterocycles. The number of carbonyl (C=O) groups excluding carboxylic acids is 1. The van der Waals surface area contributed by atoms with Crippen LogP contribution in [0.2, 0.25) is 0 Å². The van der Waals surface area contributed by atoms with E-state index in [2.05, 4.69) is 9.98 Å². The Bertz CT molecular complexity index is 417. The Balaban J connectivity index is 3.09. The van der Waals surface area contributed by atoms with Crippen LogP contribution in [0.25, 0.3) is 0 Å². The second-order valence-corrected chi connectivity index (χ2v) is 3.69. The summed E-state index contributed by atoms with van der Waals surface area (Å²) in [6, 6.07) is 2.11. The molecule has 0 aliphatic carbocycles. The maximum atomic E-state index is 12.2. The average molecular weight is 230 g/mol. The standard InChI is InChI=1S/C10H9F3N2O/c1-9(2,15-6-16)8-4-3-7(5-14-8)10(11,12)13/h3-5H,1-2H3. The zero-order chi connectivity index (χ0) is 12.4. The van der Waals surface area contributed by atoms with Gasteiger partial charge in [0.2, 0.25) is 6.08 Å². The van der Waals surface area contributed by atoms with Gasteiger partial charge in [0.1, 0.15) is 5.54 Å². The van der Waals surface area contributed by atoms with Crippen molar-refractivity contribution in [1.82, 2.24) is 4.98 Å². The summed E-state index contributed by atoms with van der Waals surface area (Å²) in [5.74, 6) is 0. The molecule has 0 amide bonds. The van der Waals surface area contributed by atoms with E-state index >= 15 is 0 Å². The lowest BCUT2D eigenvalue weighted by Gasteiger charge is -2.17. The van der Waals surface area contributed by atoms with Gasteiger partial charge in [0, 0.05) is 6.20 Å². The van der Waals surface area contributed by atoms with E-state index in [4.69, 9.17) is 0 Å². The fourth-order valence-electron chi connectivity index (χ4n) is 1.09. The van der Waals surface area contributed by atoms with Crippen molar-refractivity contribution in [2.75, 3.05) is 0 Å². The molecule has 1 heterocycles. The van der Waals surface area contributed by atoms with Crippen molar-refractivity contribution in [2.24, 2.45) is 4.99 Å². The topological polar surface area (TPSA) is 42.3 Å². The van der Waals surface area contributed by atoms with Crippen molar-refractivity contribution in [3.63, 3.8) is 0 Å². The van der Waals surface area contributed by atoms with E-state index in [1.807, 2.05) is 0 Å². The number of halogens is 3. The number of nitrogens with zero attached hydrogens (tertiary/aromatic N) is 2. The molecule has 0 aliphatic rings. The summed E-state index contributed by atoms with van der Waals surface area (Å²) >= 11 is 0. The summed E-state index contributed by atoms with van der Waals surface area (Å²) in [6.45, 7) is 3.13. The van der Waals surface area contributed by atoms with E-state index in [1.54, 1.807) is 13.8 Å². The molecule has 16 heavy (non-hydrogen) atoms. The molecule has 0 aromatic carbocycles. The molecule has 0 fully saturated rings. The van der Waals surface area contributed by atoms with Gasteiger partial charge in [0.15, 0.2) is 0 Å². The molecule has 0 aliphatic heterocycles. The molecule has 0 bridgehead atoms. The first-order valence-electron chi connectivity index (χ1n) is 4.40. The minimum absolute atomic E-state index is 0.281. The molecule has 86 valence electrons. The van der Waals surface area contributed by atoms with Gasteiger partial charge in [-0.3, -0.25) is 4.98 Å². The SMILES string of the molecule is CC(C)(N=C=O)c1ccc(C(F)(F)F)cn1. The van der Waals surface area contributed by atoms with E-state index in [1.165, 1.54) is 12.1 Å². The third-order valence-electron chi connectivity index (χ3n) is 2.04. The summed E-state index contributed by atoms with van der Waals surface area (Å²) in [5, 5.41) is 0. The number of rotatable bonds is 2. The summed E-state index contributed by atoms with van der Waals surface area (Å²) in [4.78, 5) is 17.2. The van der Waals surface area contributed by atoms with E-state index < -0.39 is 17.3 Å². The zero-order valence-corrected chi connectivity index (χ0v) is 8.67. The molecule has 6 heteroatoms. The van der Waals surface area contributed by atoms with Crippen molar-refractivity contribution in [1.29, 1.82) is 0 Å². The highest BCUT2D eigenvalue weighted by Crippen LogP contribution is 2.30. The van der Waals surface area contributed by atoms with Gasteiger partial charge in [0.05, 0.1) is 11.3 Å². The van der Waals surface area contributed by atoms with Crippen LogP contribution >= 0.6 is 0 Å². The number of hydrogen-bond acceptors (Lipinski definition) is 3. The van der Waals surface area contributed by atoms with Crippen LogP contribution in [0.5, 0.6) is 0 Å². The predicted molar refractivity (Wildman–Crippen MR) is 50.4 cm³/mol. The lowest BCUT2D eigenvalue weighted by atomic mass is 10.0. The van der Waals surface area contributed by atoms with Crippen molar-refractivity contribution in [3.05, 3.63) is 29.6 Å². The van der Waals surface area contributed by atoms with Crippen LogP contribution in [0, 0.1) is 0 Å². The van der Waals surface area contributed by atoms with Crippen LogP contribution < -0.4 is 0 Å². The van der Waals surface area contributed by atoms with Gasteiger partial charge < -0.3 is 0 Å². The lowest BCUT2D eigenvalue weighted by molar-refractivity contribution is -0.137. The van der Waals surface area contributed by atoms with E-state index in [9.17, 15) is 18.0 Å². The Kier molecular flexibility index (Phi) is 3.14. The number of pyridine rings is 1. The molecule has 0 saturated carbocycles. The number of aliphatic imine (C=N–C) groups is 1. The number of hydrogen-bond donors (Lipinski definition) is 0. The van der Waals surface area contributed by atoms with Crippen molar-refractivity contribution in [3.8, 4) is 0 Å². The van der Waals surface area contributed by atoms with Gasteiger partial charge in [0.25, 0.3) is 0 Å². The quantitative estimate of drug-likeness (QED) is 0.579. The van der Waals surface area contributed by atoms with Crippen LogP contribution in [0.4, 0.5) is 13.2 Å². The molecular weight excluding hydrogens is 221 g/mol. The maximum Gasteiger partial charge on any atom is 0.417 e. The lowest BCUT2D eigenvalue weighted by Crippen LogP contribution is -2.16. The molecule has 1 aromatic heterocycles. The first-order chi connectivity index (χ1) is 7.27. The van der Waals surface area contributed by atoms with E-state index in [-0.39, 0.29) is 5.69 Å². The van der Waals surface area contributed by atoms with Crippen molar-refractivity contribution >= 4 is 6.08 Å². The second kappa shape index (κ2) is 4.06. The minimum atomic E-state index is -4.41. The minimum Gasteiger partial charge on any atom is -0.258 e. The fraction of sp³-hybridized carbons (Fsp3) is 0.400. The monoisotopic (exact) mass is 230 g/mol. The second-order valence-electron chi connectivity index (χ2n) is 3.69. The van der Waals surface area contributed by atoms with Crippen LogP contribution in [-0.2, 0) is 16.5 Å². The molecule has 1 rings (SSSR count). The average Bonchev–Trinajstić information content (AvgIpc) is 2.16. The largest absolute Gasteiger partial charge is 0.417 e. The Hall–Kier alpha value is -1.68. The highest BCUT2D eigenvalue weighted by atomic mass is 19.4. The highest BCUT2D eigenvalue weighted by Gasteiger charge is 2.31. The predicted octanol–water partition coefficient (Wildman–Crippen LogP) is 2.67. The van der Waals surface area contributed by atoms with Crippen LogP contribution in [0.15, 0.2) is 23.3 Å². The molecule has 0 N–H and O–H groups in total. The Morgan fingerprint density at radius 2 is 1.94 bits per heavy atom. The third-order valence-corrected chi connectivity index (χ3v) is 2.04. The Morgan fingerprint density at radius 3 is 2.31 bits per heavy atom. The molecular formula is C10H9F3N2O. The summed E-state index contributed by atoms with van der Waals surface area (Å²) in [7, 11) is 0. The molecule has 0 radical (unpaired) electrons. The molecule has 0 spiro atoms. The molecule has 0 atom stereocenters. The van der Waals surface area contributed by atoms with Crippen molar-refractivity contribution in [2.45, 2.75) is 25.6 Å². The van der Waals surface area contributed by atoms with Gasteiger partial charge in [-0.2, -0.15) is 18.2 Å². The molecule has 3 nitrogen and oxygen atoms in total. The first-order valence-corrected chi connectivity index (χ1v) is 4.40. The van der Waals surface area contributed by atoms with Gasteiger partial charge in [-0.1, -0.05) is 0 Å². The summed E-state index contributed by atoms with van der Waals surface area (Å²) < 4.78 is 36.7. The Labute approximate surface area is 90.0 Å². The van der Waals surface area contributed by atoms with Gasteiger partial charge in [-0.25, -0.2) is 4.79 Å². The third kappa shape index (κ3) is 2.67. The van der Waals surface area contributed by atoms with Crippen LogP contribution in [-0.4, -0.2) is 11.1 Å². The van der Waals surface area contributed by atoms with E-state index in [0.29, 0.717) is 0 Å². The number of isocyanates is 1. The summed E-state index contributed by atoms with van der Waals surface area (Å²) in [6.07, 6.45) is -2.33. The maximum absolute atomic E-state index is 12.2. The van der Waals surface area contributed by atoms with Crippen molar-refractivity contribution < 1.29 is 18.0 Å². The van der Waals surface area contributed by atoms with Gasteiger partial charge in [-0.05, 0) is 26.0 Å². The molecule has 1 aromatic rings. The normalized spacial score (nSPS) is 12.1. The number of alkyl halides is 3. The summed E-state index contributed by atoms with van der Waals surface area (Å²) in [5.41, 5.74) is -1.52. The Morgan fingerprint density at radius 1 is 1.31 bits per heavy atom. The van der Waals surface area contributed by atoms with E-state index in [0.717, 1.165) is 12.3 Å². The highest BCUT2D eigenvalue weighted by molar-refractivity contribution is 5.36. The zero-order valence-electron chi connectivity index (χ0n) is 8.67. The van der Waals surface area contributed by atoms with Crippen LogP contribution in [0.1, 0.15) is 25.1 Å². The fourth-order valence-corrected chi connectivity index (χ4v) is 1.09. The first kappa shape index (κ1) is 12.4.